The lowest BCUT2D eigenvalue weighted by molar-refractivity contribution is -0.133. The molecule has 134 valence electrons. The van der Waals surface area contributed by atoms with E-state index in [9.17, 15) is 14.4 Å². The molecule has 0 unspecified atom stereocenters. The minimum Gasteiger partial charge on any atom is -0.463 e. The van der Waals surface area contributed by atoms with Gasteiger partial charge in [-0.15, -0.1) is 10.2 Å². The molecule has 1 aliphatic rings. The summed E-state index contributed by atoms with van der Waals surface area (Å²) in [5.41, 5.74) is 4.09. The zero-order valence-corrected chi connectivity index (χ0v) is 14.1. The number of nitrogens with zero attached hydrogens (tertiary/aromatic N) is 2. The van der Waals surface area contributed by atoms with Gasteiger partial charge >= 0.3 is 12.1 Å². The van der Waals surface area contributed by atoms with Crippen LogP contribution < -0.4 is 21.5 Å². The van der Waals surface area contributed by atoms with Crippen molar-refractivity contribution in [2.24, 2.45) is 10.2 Å². The van der Waals surface area contributed by atoms with Gasteiger partial charge in [-0.2, -0.15) is 0 Å². The number of hydrazone groups is 2. The minimum absolute atomic E-state index is 0.0947. The molecule has 0 atom stereocenters. The van der Waals surface area contributed by atoms with Gasteiger partial charge in [0, 0.05) is 13.1 Å². The fourth-order valence-corrected chi connectivity index (χ4v) is 1.44. The second-order valence-electron chi connectivity index (χ2n) is 5.67. The van der Waals surface area contributed by atoms with Gasteiger partial charge < -0.3 is 20.1 Å². The van der Waals surface area contributed by atoms with E-state index in [2.05, 4.69) is 36.4 Å². The van der Waals surface area contributed by atoms with Crippen LogP contribution in [0.3, 0.4) is 0 Å². The number of methoxy groups -OCH3 is 1. The number of nitrogens with one attached hydrogen (secondary N) is 4. The van der Waals surface area contributed by atoms with Crippen molar-refractivity contribution in [2.75, 3.05) is 20.2 Å². The summed E-state index contributed by atoms with van der Waals surface area (Å²) in [5.74, 6) is -1.47. The van der Waals surface area contributed by atoms with E-state index in [1.807, 2.05) is 0 Å². The quantitative estimate of drug-likeness (QED) is 0.358. The fraction of sp³-hybridized carbons (Fsp3) is 0.615. The average Bonchev–Trinajstić information content (AvgIpc) is 2.52. The zero-order chi connectivity index (χ0) is 18.2. The number of rotatable bonds is 6. The summed E-state index contributed by atoms with van der Waals surface area (Å²) < 4.78 is 9.51. The van der Waals surface area contributed by atoms with Gasteiger partial charge in [-0.05, 0) is 27.2 Å². The first-order chi connectivity index (χ1) is 11.2. The lowest BCUT2D eigenvalue weighted by atomic mass is 10.2. The molecule has 1 heterocycles. The van der Waals surface area contributed by atoms with Crippen molar-refractivity contribution >= 4 is 29.6 Å². The number of hydrogen-bond acceptors (Lipinski definition) is 9. The normalized spacial score (nSPS) is 13.5. The Labute approximate surface area is 139 Å². The number of carbonyl (C=O) groups excluding carboxylic acids is 3. The molecule has 0 bridgehead atoms. The smallest absolute Gasteiger partial charge is 0.407 e. The van der Waals surface area contributed by atoms with Crippen LogP contribution in [0.4, 0.5) is 4.79 Å². The monoisotopic (exact) mass is 342 g/mol. The maximum Gasteiger partial charge on any atom is 0.407 e. The Morgan fingerprint density at radius 3 is 2.17 bits per heavy atom. The average molecular weight is 342 g/mol. The molecular weight excluding hydrogens is 320 g/mol. The summed E-state index contributed by atoms with van der Waals surface area (Å²) in [6, 6.07) is 0. The van der Waals surface area contributed by atoms with Gasteiger partial charge in [-0.1, -0.05) is 0 Å². The van der Waals surface area contributed by atoms with Crippen LogP contribution in [0.15, 0.2) is 10.2 Å². The van der Waals surface area contributed by atoms with Crippen molar-refractivity contribution in [3.63, 3.8) is 0 Å². The molecule has 0 radical (unpaired) electrons. The lowest BCUT2D eigenvalue weighted by Crippen LogP contribution is -2.46. The topological polar surface area (TPSA) is 143 Å². The number of hydrogen-bond donors (Lipinski definition) is 4. The summed E-state index contributed by atoms with van der Waals surface area (Å²) in [6.45, 7) is 5.97. The number of carbonyl (C=O) groups is 3. The van der Waals surface area contributed by atoms with E-state index < -0.39 is 23.6 Å². The molecule has 1 rings (SSSR count). The largest absolute Gasteiger partial charge is 0.463 e. The first-order valence-electron chi connectivity index (χ1n) is 7.23. The van der Waals surface area contributed by atoms with E-state index in [1.54, 1.807) is 20.8 Å². The fourth-order valence-electron chi connectivity index (χ4n) is 1.44. The Balaban J connectivity index is 2.21. The molecule has 0 aromatic rings. The highest BCUT2D eigenvalue weighted by atomic mass is 16.6. The molecule has 0 aromatic heterocycles. The molecule has 0 spiro atoms. The second kappa shape index (κ2) is 8.70. The Bertz CT molecular complexity index is 552. The Morgan fingerprint density at radius 1 is 1.04 bits per heavy atom. The molecular formula is C13H22N6O5. The minimum atomic E-state index is -0.709. The molecule has 4 N–H and O–H groups in total. The molecule has 24 heavy (non-hydrogen) atoms. The molecule has 0 saturated heterocycles. The highest BCUT2D eigenvalue weighted by Crippen LogP contribution is 2.06. The van der Waals surface area contributed by atoms with E-state index in [0.717, 1.165) is 0 Å². The van der Waals surface area contributed by atoms with Crippen molar-refractivity contribution in [2.45, 2.75) is 32.8 Å². The highest BCUT2D eigenvalue weighted by Gasteiger charge is 2.19. The number of amides is 2. The first kappa shape index (κ1) is 19.2. The standard InChI is InChI=1S/C13H22N6O5/c1-13(2,3)24-12(22)15-7-5-6-14-10(20)8-16-18-9(19-17-8)11(21)23-4/h5-7H2,1-4H3,(H,14,20)(H,15,22)(H,16,17)(H,18,19). The van der Waals surface area contributed by atoms with Crippen molar-refractivity contribution in [1.82, 2.24) is 21.5 Å². The SMILES string of the molecule is COC(=O)C1=NNC(C(=O)NCCCNC(=O)OC(C)(C)C)=NN1. The first-order valence-corrected chi connectivity index (χ1v) is 7.23. The van der Waals surface area contributed by atoms with Crippen molar-refractivity contribution < 1.29 is 23.9 Å². The van der Waals surface area contributed by atoms with Gasteiger partial charge in [0.25, 0.3) is 11.7 Å². The second-order valence-corrected chi connectivity index (χ2v) is 5.67. The van der Waals surface area contributed by atoms with Gasteiger partial charge in [0.2, 0.25) is 5.84 Å². The van der Waals surface area contributed by atoms with Gasteiger partial charge in [-0.25, -0.2) is 9.59 Å². The predicted octanol–water partition coefficient (Wildman–Crippen LogP) is -0.990. The van der Waals surface area contributed by atoms with Crippen LogP contribution in [0.25, 0.3) is 0 Å². The summed E-state index contributed by atoms with van der Waals surface area (Å²) in [4.78, 5) is 34.3. The molecule has 1 aliphatic heterocycles. The summed E-state index contributed by atoms with van der Waals surface area (Å²) >= 11 is 0. The maximum absolute atomic E-state index is 11.8. The van der Waals surface area contributed by atoms with Crippen LogP contribution in [0.5, 0.6) is 0 Å². The van der Waals surface area contributed by atoms with Crippen LogP contribution in [-0.4, -0.2) is 55.4 Å². The van der Waals surface area contributed by atoms with Gasteiger partial charge in [0.1, 0.15) is 5.60 Å². The predicted molar refractivity (Wildman–Crippen MR) is 85.0 cm³/mol. The number of ether oxygens (including phenoxy) is 2. The van der Waals surface area contributed by atoms with Crippen LogP contribution in [0, 0.1) is 0 Å². The highest BCUT2D eigenvalue weighted by molar-refractivity contribution is 6.41. The van der Waals surface area contributed by atoms with E-state index in [0.29, 0.717) is 19.5 Å². The van der Waals surface area contributed by atoms with E-state index in [1.165, 1.54) is 7.11 Å². The lowest BCUT2D eigenvalue weighted by Gasteiger charge is -2.19. The Morgan fingerprint density at radius 2 is 1.62 bits per heavy atom. The number of amidine groups is 2. The third-order valence-corrected chi connectivity index (χ3v) is 2.45. The third kappa shape index (κ3) is 6.94. The van der Waals surface area contributed by atoms with Crippen molar-refractivity contribution in [3.8, 4) is 0 Å². The molecule has 11 nitrogen and oxygen atoms in total. The van der Waals surface area contributed by atoms with Gasteiger partial charge in [-0.3, -0.25) is 15.6 Å². The van der Waals surface area contributed by atoms with Crippen LogP contribution >= 0.6 is 0 Å². The molecule has 0 aromatic carbocycles. The van der Waals surface area contributed by atoms with E-state index in [4.69, 9.17) is 4.74 Å². The molecule has 0 aliphatic carbocycles. The van der Waals surface area contributed by atoms with Crippen LogP contribution in [-0.2, 0) is 19.1 Å². The summed E-state index contributed by atoms with van der Waals surface area (Å²) in [6.07, 6.45) is -0.0106. The third-order valence-electron chi connectivity index (χ3n) is 2.45. The van der Waals surface area contributed by atoms with Crippen molar-refractivity contribution in [3.05, 3.63) is 0 Å². The molecule has 0 fully saturated rings. The number of esters is 1. The molecule has 0 saturated carbocycles. The van der Waals surface area contributed by atoms with Gasteiger partial charge in [0.15, 0.2) is 0 Å². The van der Waals surface area contributed by atoms with Crippen molar-refractivity contribution in [1.29, 1.82) is 0 Å². The number of alkyl carbamates (subject to hydrolysis) is 1. The maximum atomic E-state index is 11.8. The molecule has 11 heteroatoms. The van der Waals surface area contributed by atoms with Crippen LogP contribution in [0.2, 0.25) is 0 Å². The Hall–Kier alpha value is -2.85. The van der Waals surface area contributed by atoms with E-state index >= 15 is 0 Å². The Kier molecular flexibility index (Phi) is 6.96. The zero-order valence-electron chi connectivity index (χ0n) is 14.1. The van der Waals surface area contributed by atoms with Gasteiger partial charge in [0.05, 0.1) is 7.11 Å². The van der Waals surface area contributed by atoms with E-state index in [-0.39, 0.29) is 11.7 Å². The van der Waals surface area contributed by atoms with Crippen LogP contribution in [0.1, 0.15) is 27.2 Å². The summed E-state index contributed by atoms with van der Waals surface area (Å²) in [5, 5.41) is 12.4. The summed E-state index contributed by atoms with van der Waals surface area (Å²) in [7, 11) is 1.20. The molecule has 2 amide bonds.